The lowest BCUT2D eigenvalue weighted by atomic mass is 9.49. The zero-order valence-corrected chi connectivity index (χ0v) is 18.8. The third kappa shape index (κ3) is 3.34. The molecule has 2 saturated carbocycles. The van der Waals surface area contributed by atoms with Crippen LogP contribution in [0.2, 0.25) is 0 Å². The minimum absolute atomic E-state index is 0.0245. The van der Waals surface area contributed by atoms with Crippen molar-refractivity contribution in [2.75, 3.05) is 32.9 Å². The van der Waals surface area contributed by atoms with Crippen LogP contribution in [-0.4, -0.2) is 70.6 Å². The van der Waals surface area contributed by atoms with Crippen molar-refractivity contribution in [2.45, 2.75) is 75.2 Å². The van der Waals surface area contributed by atoms with E-state index in [1.807, 2.05) is 12.1 Å². The standard InChI is InChI=1S/C25H37NO5/c1-17-3-6-21(28)13-22(17)23-8-9-26(15-19-4-5-19)18(2)24(23,29)14-20(7-10-27)25(16-23)30-11-12-31-25/h3,6,13,18-20,27-29H,4-5,7-12,14-16H2,1-2H3. The van der Waals surface area contributed by atoms with Crippen LogP contribution in [-0.2, 0) is 14.9 Å². The second kappa shape index (κ2) is 7.70. The van der Waals surface area contributed by atoms with Crippen LogP contribution >= 0.6 is 0 Å². The van der Waals surface area contributed by atoms with E-state index in [1.54, 1.807) is 6.07 Å². The first-order chi connectivity index (χ1) is 14.8. The predicted octanol–water partition coefficient (Wildman–Crippen LogP) is 2.71. The number of rotatable bonds is 5. The molecule has 4 unspecified atom stereocenters. The molecule has 6 heteroatoms. The van der Waals surface area contributed by atoms with E-state index in [0.717, 1.165) is 36.6 Å². The number of phenolic OH excluding ortho intramolecular Hbond substituents is 1. The van der Waals surface area contributed by atoms with Gasteiger partial charge in [0, 0.05) is 36.9 Å². The molecule has 31 heavy (non-hydrogen) atoms. The smallest absolute Gasteiger partial charge is 0.172 e. The Morgan fingerprint density at radius 3 is 2.61 bits per heavy atom. The number of aryl methyl sites for hydroxylation is 1. The van der Waals surface area contributed by atoms with Crippen molar-refractivity contribution in [1.29, 1.82) is 0 Å². The number of hydrogen-bond donors (Lipinski definition) is 3. The molecule has 0 radical (unpaired) electrons. The van der Waals surface area contributed by atoms with Gasteiger partial charge in [0.05, 0.1) is 18.8 Å². The van der Waals surface area contributed by atoms with E-state index in [2.05, 4.69) is 18.7 Å². The summed E-state index contributed by atoms with van der Waals surface area (Å²) in [6.45, 7) is 7.31. The third-order valence-corrected chi connectivity index (χ3v) is 8.80. The first-order valence-corrected chi connectivity index (χ1v) is 12.0. The summed E-state index contributed by atoms with van der Waals surface area (Å²) in [4.78, 5) is 2.47. The molecule has 172 valence electrons. The Balaban J connectivity index is 1.63. The van der Waals surface area contributed by atoms with Crippen molar-refractivity contribution in [3.05, 3.63) is 29.3 Å². The molecule has 5 rings (SSSR count). The van der Waals surface area contributed by atoms with Gasteiger partial charge in [-0.1, -0.05) is 6.07 Å². The lowest BCUT2D eigenvalue weighted by Crippen LogP contribution is -2.73. The predicted molar refractivity (Wildman–Crippen MR) is 117 cm³/mol. The van der Waals surface area contributed by atoms with Crippen molar-refractivity contribution >= 4 is 0 Å². The first-order valence-electron chi connectivity index (χ1n) is 12.0. The summed E-state index contributed by atoms with van der Waals surface area (Å²) in [5, 5.41) is 32.8. The SMILES string of the molecule is Cc1ccc(O)cc1C12CCN(CC3CC3)C(C)C1(O)CC(CCO)C1(C2)OCCO1. The molecule has 2 saturated heterocycles. The number of aliphatic hydroxyl groups excluding tert-OH is 1. The van der Waals surface area contributed by atoms with E-state index in [0.29, 0.717) is 32.5 Å². The average molecular weight is 432 g/mol. The van der Waals surface area contributed by atoms with Crippen LogP contribution in [0.3, 0.4) is 0 Å². The lowest BCUT2D eigenvalue weighted by molar-refractivity contribution is -0.284. The van der Waals surface area contributed by atoms with E-state index in [-0.39, 0.29) is 24.3 Å². The van der Waals surface area contributed by atoms with Crippen molar-refractivity contribution in [3.63, 3.8) is 0 Å². The van der Waals surface area contributed by atoms with Crippen molar-refractivity contribution < 1.29 is 24.8 Å². The Morgan fingerprint density at radius 1 is 1.19 bits per heavy atom. The number of aromatic hydroxyl groups is 1. The number of piperidine rings is 1. The second-order valence-electron chi connectivity index (χ2n) is 10.5. The Bertz CT molecular complexity index is 820. The summed E-state index contributed by atoms with van der Waals surface area (Å²) in [5.41, 5.74) is 0.506. The first kappa shape index (κ1) is 21.7. The van der Waals surface area contributed by atoms with E-state index >= 15 is 0 Å². The van der Waals surface area contributed by atoms with E-state index in [1.165, 1.54) is 12.8 Å². The van der Waals surface area contributed by atoms with Gasteiger partial charge in [-0.25, -0.2) is 0 Å². The number of aliphatic hydroxyl groups is 2. The highest BCUT2D eigenvalue weighted by molar-refractivity contribution is 5.44. The summed E-state index contributed by atoms with van der Waals surface area (Å²) in [6, 6.07) is 5.49. The molecular weight excluding hydrogens is 394 g/mol. The highest BCUT2D eigenvalue weighted by Crippen LogP contribution is 2.61. The normalized spacial score (nSPS) is 37.8. The maximum Gasteiger partial charge on any atom is 0.172 e. The minimum atomic E-state index is -1.00. The minimum Gasteiger partial charge on any atom is -0.508 e. The van der Waals surface area contributed by atoms with Crippen LogP contribution in [0, 0.1) is 18.8 Å². The Morgan fingerprint density at radius 2 is 1.94 bits per heavy atom. The van der Waals surface area contributed by atoms with E-state index in [9.17, 15) is 15.3 Å². The topological polar surface area (TPSA) is 82.4 Å². The maximum atomic E-state index is 12.6. The van der Waals surface area contributed by atoms with Gasteiger partial charge in [0.2, 0.25) is 0 Å². The van der Waals surface area contributed by atoms with Gasteiger partial charge in [-0.05, 0) is 81.7 Å². The average Bonchev–Trinajstić information content (AvgIpc) is 3.45. The van der Waals surface area contributed by atoms with E-state index < -0.39 is 16.8 Å². The monoisotopic (exact) mass is 431 g/mol. The van der Waals surface area contributed by atoms with Gasteiger partial charge in [-0.3, -0.25) is 4.90 Å². The number of nitrogens with zero attached hydrogens (tertiary/aromatic N) is 1. The maximum absolute atomic E-state index is 12.6. The fraction of sp³-hybridized carbons (Fsp3) is 0.760. The molecule has 4 fully saturated rings. The van der Waals surface area contributed by atoms with Gasteiger partial charge in [-0.2, -0.15) is 0 Å². The van der Waals surface area contributed by atoms with Crippen LogP contribution in [0.5, 0.6) is 5.75 Å². The summed E-state index contributed by atoms with van der Waals surface area (Å²) in [5.74, 6) is 0.126. The fourth-order valence-corrected chi connectivity index (χ4v) is 6.91. The number of fused-ring (bicyclic) bond motifs is 1. The highest BCUT2D eigenvalue weighted by Gasteiger charge is 2.68. The largest absolute Gasteiger partial charge is 0.508 e. The summed E-state index contributed by atoms with van der Waals surface area (Å²) < 4.78 is 12.5. The number of benzene rings is 1. The number of likely N-dealkylation sites (tertiary alicyclic amines) is 1. The number of phenols is 1. The quantitative estimate of drug-likeness (QED) is 0.665. The molecular formula is C25H37NO5. The third-order valence-electron chi connectivity index (χ3n) is 8.80. The van der Waals surface area contributed by atoms with Crippen molar-refractivity contribution in [2.24, 2.45) is 11.8 Å². The Kier molecular flexibility index (Phi) is 5.38. The lowest BCUT2D eigenvalue weighted by Gasteiger charge is -2.64. The van der Waals surface area contributed by atoms with Gasteiger partial charge < -0.3 is 24.8 Å². The second-order valence-corrected chi connectivity index (χ2v) is 10.5. The molecule has 2 aliphatic heterocycles. The molecule has 0 bridgehead atoms. The van der Waals surface area contributed by atoms with Crippen LogP contribution in [0.1, 0.15) is 56.6 Å². The van der Waals surface area contributed by atoms with Crippen molar-refractivity contribution in [3.8, 4) is 5.75 Å². The van der Waals surface area contributed by atoms with Gasteiger partial charge in [-0.15, -0.1) is 0 Å². The van der Waals surface area contributed by atoms with Gasteiger partial charge in [0.25, 0.3) is 0 Å². The molecule has 4 aliphatic rings. The summed E-state index contributed by atoms with van der Waals surface area (Å²) in [7, 11) is 0. The molecule has 1 spiro atoms. The Hall–Kier alpha value is -1.18. The fourth-order valence-electron chi connectivity index (χ4n) is 6.91. The van der Waals surface area contributed by atoms with Crippen LogP contribution in [0.15, 0.2) is 18.2 Å². The molecule has 0 amide bonds. The van der Waals surface area contributed by atoms with Gasteiger partial charge in [0.15, 0.2) is 5.79 Å². The molecule has 1 aromatic rings. The molecule has 3 N–H and O–H groups in total. The number of ether oxygens (including phenoxy) is 2. The van der Waals surface area contributed by atoms with Crippen LogP contribution in [0.4, 0.5) is 0 Å². The zero-order valence-electron chi connectivity index (χ0n) is 18.8. The highest BCUT2D eigenvalue weighted by atomic mass is 16.7. The molecule has 1 aromatic carbocycles. The van der Waals surface area contributed by atoms with E-state index in [4.69, 9.17) is 9.47 Å². The Labute approximate surface area is 185 Å². The van der Waals surface area contributed by atoms with Gasteiger partial charge >= 0.3 is 0 Å². The molecule has 0 aromatic heterocycles. The van der Waals surface area contributed by atoms with Gasteiger partial charge in [0.1, 0.15) is 5.75 Å². The molecule has 2 aliphatic carbocycles. The summed E-state index contributed by atoms with van der Waals surface area (Å²) >= 11 is 0. The molecule has 2 heterocycles. The molecule has 4 atom stereocenters. The molecule has 6 nitrogen and oxygen atoms in total. The summed E-state index contributed by atoms with van der Waals surface area (Å²) in [6.07, 6.45) is 4.99. The van der Waals surface area contributed by atoms with Crippen LogP contribution in [0.25, 0.3) is 0 Å². The zero-order chi connectivity index (χ0) is 21.9. The van der Waals surface area contributed by atoms with Crippen molar-refractivity contribution in [1.82, 2.24) is 4.90 Å². The number of hydrogen-bond acceptors (Lipinski definition) is 6. The van der Waals surface area contributed by atoms with Crippen LogP contribution < -0.4 is 0 Å².